The predicted molar refractivity (Wildman–Crippen MR) is 133 cm³/mol. The van der Waals surface area contributed by atoms with Gasteiger partial charge in [-0.05, 0) is 42.5 Å². The van der Waals surface area contributed by atoms with Crippen LogP contribution in [0.5, 0.6) is 0 Å². The second kappa shape index (κ2) is 8.56. The van der Waals surface area contributed by atoms with E-state index in [-0.39, 0.29) is 16.3 Å². The third-order valence-electron chi connectivity index (χ3n) is 4.89. The van der Waals surface area contributed by atoms with Crippen LogP contribution in [0.15, 0.2) is 103 Å². The van der Waals surface area contributed by atoms with Crippen LogP contribution < -0.4 is 5.73 Å². The van der Waals surface area contributed by atoms with Gasteiger partial charge in [0, 0.05) is 15.7 Å². The maximum absolute atomic E-state index is 11.9. The van der Waals surface area contributed by atoms with Crippen molar-refractivity contribution in [2.75, 3.05) is 5.73 Å². The highest BCUT2D eigenvalue weighted by Gasteiger charge is 2.18. The topological polar surface area (TPSA) is 118 Å². The van der Waals surface area contributed by atoms with Crippen molar-refractivity contribution in [1.82, 2.24) is 4.98 Å². The lowest BCUT2D eigenvalue weighted by Gasteiger charge is -2.09. The fourth-order valence-corrected chi connectivity index (χ4v) is 6.09. The molecule has 3 N–H and O–H groups in total. The van der Waals surface area contributed by atoms with Crippen molar-refractivity contribution in [3.05, 3.63) is 78.9 Å². The number of hydrogen-bond acceptors (Lipinski definition) is 8. The maximum Gasteiger partial charge on any atom is 0.295 e. The third-order valence-corrected chi connectivity index (χ3v) is 7.89. The van der Waals surface area contributed by atoms with Crippen molar-refractivity contribution in [3.63, 3.8) is 0 Å². The second-order valence-electron chi connectivity index (χ2n) is 7.07. The average molecular weight is 493 g/mol. The standard InChI is InChI=1S/C23H16N4O3S3/c24-22-17-6-2-1-5-16(17)21(33(28,29)30)13-19(22)27-26-14-9-11-15(12-10-14)31-23-25-18-7-3-4-8-20(18)32-23/h1-13H,24H2,(H,28,29,30). The fraction of sp³-hybridized carbons (Fsp3) is 0. The molecule has 0 bridgehead atoms. The first kappa shape index (κ1) is 21.5. The highest BCUT2D eigenvalue weighted by molar-refractivity contribution is 8.01. The first-order chi connectivity index (χ1) is 15.9. The van der Waals surface area contributed by atoms with Crippen LogP contribution in [-0.4, -0.2) is 18.0 Å². The number of anilines is 1. The summed E-state index contributed by atoms with van der Waals surface area (Å²) in [7, 11) is -4.46. The summed E-state index contributed by atoms with van der Waals surface area (Å²) in [5, 5.41) is 9.15. The van der Waals surface area contributed by atoms with Crippen LogP contribution in [0.4, 0.5) is 17.1 Å². The first-order valence-electron chi connectivity index (χ1n) is 9.72. The lowest BCUT2D eigenvalue weighted by atomic mass is 10.1. The van der Waals surface area contributed by atoms with Crippen LogP contribution in [0.25, 0.3) is 21.0 Å². The number of hydrogen-bond donors (Lipinski definition) is 2. The number of nitrogen functional groups attached to an aromatic ring is 1. The van der Waals surface area contributed by atoms with Gasteiger partial charge in [-0.1, -0.05) is 48.2 Å². The lowest BCUT2D eigenvalue weighted by molar-refractivity contribution is 0.484. The average Bonchev–Trinajstić information content (AvgIpc) is 3.21. The van der Waals surface area contributed by atoms with E-state index in [1.165, 1.54) is 6.07 Å². The summed E-state index contributed by atoms with van der Waals surface area (Å²) in [5.74, 6) is 0. The largest absolute Gasteiger partial charge is 0.396 e. The van der Waals surface area contributed by atoms with Crippen LogP contribution in [0.3, 0.4) is 0 Å². The molecule has 0 saturated carbocycles. The van der Waals surface area contributed by atoms with Crippen LogP contribution >= 0.6 is 23.1 Å². The molecule has 5 aromatic rings. The number of nitrogens with zero attached hydrogens (tertiary/aromatic N) is 3. The van der Waals surface area contributed by atoms with Gasteiger partial charge in [0.05, 0.1) is 21.6 Å². The third kappa shape index (κ3) is 4.46. The molecule has 0 unspecified atom stereocenters. The van der Waals surface area contributed by atoms with Gasteiger partial charge in [-0.2, -0.15) is 13.5 Å². The monoisotopic (exact) mass is 492 g/mol. The van der Waals surface area contributed by atoms with Crippen molar-refractivity contribution in [1.29, 1.82) is 0 Å². The van der Waals surface area contributed by atoms with E-state index in [1.807, 2.05) is 36.4 Å². The summed E-state index contributed by atoms with van der Waals surface area (Å²) in [6.45, 7) is 0. The predicted octanol–water partition coefficient (Wildman–Crippen LogP) is 6.85. The smallest absolute Gasteiger partial charge is 0.295 e. The molecule has 0 amide bonds. The molecule has 0 aliphatic carbocycles. The van der Waals surface area contributed by atoms with E-state index in [4.69, 9.17) is 5.73 Å². The zero-order valence-electron chi connectivity index (χ0n) is 16.9. The van der Waals surface area contributed by atoms with E-state index < -0.39 is 10.1 Å². The summed E-state index contributed by atoms with van der Waals surface area (Å²) >= 11 is 3.20. The van der Waals surface area contributed by atoms with Crippen LogP contribution in [0, 0.1) is 0 Å². The Bertz CT molecular complexity index is 1600. The minimum Gasteiger partial charge on any atom is -0.396 e. The molecule has 164 valence electrons. The minimum absolute atomic E-state index is 0.161. The molecule has 1 heterocycles. The Morgan fingerprint density at radius 3 is 2.33 bits per heavy atom. The number of rotatable bonds is 5. The number of benzene rings is 4. The highest BCUT2D eigenvalue weighted by Crippen LogP contribution is 2.38. The Morgan fingerprint density at radius 1 is 0.909 bits per heavy atom. The molecule has 10 heteroatoms. The molecule has 0 saturated heterocycles. The highest BCUT2D eigenvalue weighted by atomic mass is 32.2. The van der Waals surface area contributed by atoms with Gasteiger partial charge in [-0.25, -0.2) is 4.98 Å². The van der Waals surface area contributed by atoms with Crippen molar-refractivity contribution < 1.29 is 13.0 Å². The SMILES string of the molecule is Nc1c(N=Nc2ccc(Sc3nc4ccccc4s3)cc2)cc(S(=O)(=O)O)c2ccccc12. The summed E-state index contributed by atoms with van der Waals surface area (Å²) in [4.78, 5) is 5.37. The van der Waals surface area contributed by atoms with Gasteiger partial charge in [-0.15, -0.1) is 16.5 Å². The van der Waals surface area contributed by atoms with Gasteiger partial charge >= 0.3 is 0 Å². The molecule has 1 aromatic heterocycles. The number of fused-ring (bicyclic) bond motifs is 2. The summed E-state index contributed by atoms with van der Waals surface area (Å²) in [6, 6.07) is 23.3. The Hall–Kier alpha value is -3.31. The number of para-hydroxylation sites is 1. The Morgan fingerprint density at radius 2 is 1.61 bits per heavy atom. The van der Waals surface area contributed by atoms with E-state index in [1.54, 1.807) is 59.5 Å². The molecule has 4 aromatic carbocycles. The Balaban J connectivity index is 1.42. The zero-order chi connectivity index (χ0) is 23.0. The molecule has 5 rings (SSSR count). The molecule has 0 radical (unpaired) electrons. The molecule has 0 aliphatic heterocycles. The lowest BCUT2D eigenvalue weighted by Crippen LogP contribution is -2.01. The zero-order valence-corrected chi connectivity index (χ0v) is 19.4. The second-order valence-corrected chi connectivity index (χ2v) is 10.8. The van der Waals surface area contributed by atoms with E-state index in [9.17, 15) is 13.0 Å². The quantitative estimate of drug-likeness (QED) is 0.157. The Labute approximate surface area is 197 Å². The van der Waals surface area contributed by atoms with Crippen molar-refractivity contribution >= 4 is 71.3 Å². The van der Waals surface area contributed by atoms with Gasteiger partial charge in [0.2, 0.25) is 0 Å². The molecule has 0 atom stereocenters. The minimum atomic E-state index is -4.46. The van der Waals surface area contributed by atoms with Gasteiger partial charge in [0.1, 0.15) is 10.6 Å². The number of nitrogens with two attached hydrogens (primary N) is 1. The van der Waals surface area contributed by atoms with Crippen molar-refractivity contribution in [2.45, 2.75) is 14.1 Å². The fourth-order valence-electron chi connectivity index (χ4n) is 3.33. The van der Waals surface area contributed by atoms with Crippen molar-refractivity contribution in [3.8, 4) is 0 Å². The van der Waals surface area contributed by atoms with Gasteiger partial charge < -0.3 is 5.73 Å². The van der Waals surface area contributed by atoms with E-state index in [0.717, 1.165) is 19.5 Å². The molecule has 0 spiro atoms. The van der Waals surface area contributed by atoms with E-state index in [0.29, 0.717) is 16.5 Å². The summed E-state index contributed by atoms with van der Waals surface area (Å²) < 4.78 is 35.5. The molecule has 0 fully saturated rings. The van der Waals surface area contributed by atoms with Gasteiger partial charge in [0.25, 0.3) is 10.1 Å². The molecular formula is C23H16N4O3S3. The molecular weight excluding hydrogens is 476 g/mol. The number of aromatic nitrogens is 1. The number of azo groups is 1. The van der Waals surface area contributed by atoms with Crippen LogP contribution in [-0.2, 0) is 10.1 Å². The van der Waals surface area contributed by atoms with Crippen molar-refractivity contribution in [2.24, 2.45) is 10.2 Å². The molecule has 0 aliphatic rings. The Kier molecular flexibility index (Phi) is 5.59. The molecule has 33 heavy (non-hydrogen) atoms. The van der Waals surface area contributed by atoms with Gasteiger partial charge in [0.15, 0.2) is 4.34 Å². The van der Waals surface area contributed by atoms with E-state index in [2.05, 4.69) is 15.2 Å². The number of thiazole rings is 1. The van der Waals surface area contributed by atoms with E-state index >= 15 is 0 Å². The summed E-state index contributed by atoms with van der Waals surface area (Å²) in [6.07, 6.45) is 0. The molecule has 7 nitrogen and oxygen atoms in total. The van der Waals surface area contributed by atoms with Crippen LogP contribution in [0.1, 0.15) is 0 Å². The summed E-state index contributed by atoms with van der Waals surface area (Å²) in [5.41, 5.74) is 8.19. The normalized spacial score (nSPS) is 12.2. The van der Waals surface area contributed by atoms with Crippen LogP contribution in [0.2, 0.25) is 0 Å². The van der Waals surface area contributed by atoms with Gasteiger partial charge in [-0.3, -0.25) is 4.55 Å². The first-order valence-corrected chi connectivity index (χ1v) is 12.8. The maximum atomic E-state index is 11.9.